The molecule has 4 aliphatic rings. The maximum absolute atomic E-state index is 13.5. The molecule has 4 fully saturated rings. The SMILES string of the molecule is CN(C)CCN(C)c1ccc(NC(=O)c2n[nH]c3ccc(-c4cncc(CN5CCC(F)(F)CC5)c4)cc23)cn1.CN(C)CCN(C)c1ccc(NC(=O)c2n[nH]c3ccc(-c4cncc(N5CCCC5)c4)cc23)cn1.CN(C)CCN(C)c1ccc(NC(=O)c2n[nH]c3ccc(-c4cncc(N5CCCCC5)c4)cc23)cn1.CN(C)CCN(C)c1ccc(NC(=O)c2n[nH]c3ccc(-c4cncc(N5CCOCC5)c4)cc23)cn1. The number of hydrogen-bond donors (Lipinski definition) is 8. The second-order valence-corrected chi connectivity index (χ2v) is 39.5. The van der Waals surface area contributed by atoms with Crippen molar-refractivity contribution in [3.05, 3.63) is 248 Å². The minimum atomic E-state index is -2.57. The number of benzene rings is 4. The first-order chi connectivity index (χ1) is 72.6. The summed E-state index contributed by atoms with van der Waals surface area (Å²) in [7, 11) is 24.3. The van der Waals surface area contributed by atoms with Crippen molar-refractivity contribution in [3.63, 3.8) is 0 Å². The Bertz CT molecular complexity index is 7020. The molecule has 0 spiro atoms. The highest BCUT2D eigenvalue weighted by Gasteiger charge is 2.34. The molecule has 150 heavy (non-hydrogen) atoms. The number of morpholine rings is 1. The fourth-order valence-corrected chi connectivity index (χ4v) is 18.1. The number of piperidine rings is 2. The number of aromatic nitrogens is 16. The number of aromatic amines is 4. The third-order valence-electron chi connectivity index (χ3n) is 27.1. The van der Waals surface area contributed by atoms with Crippen LogP contribution in [0.5, 0.6) is 0 Å². The van der Waals surface area contributed by atoms with Gasteiger partial charge in [0, 0.05) is 227 Å². The van der Waals surface area contributed by atoms with E-state index in [1.54, 1.807) is 37.2 Å². The quantitative estimate of drug-likeness (QED) is 0.0189. The van der Waals surface area contributed by atoms with Crippen LogP contribution in [0.15, 0.2) is 220 Å². The largest absolute Gasteiger partial charge is 0.378 e. The Morgan fingerprint density at radius 3 is 0.880 bits per heavy atom. The van der Waals surface area contributed by atoms with E-state index in [2.05, 4.69) is 174 Å². The molecule has 0 saturated carbocycles. The number of likely N-dealkylation sites (N-methyl/N-ethyl adjacent to an activating group) is 8. The standard InChI is InChI=1S/C29H34F2N8O.C28H34N8O.C27H32N8O2.C27H32N8O/c1-37(2)12-13-38(3)26-7-5-23(18-33-26)34-28(40)27-24-15-21(4-6-25(24)35-36-27)22-14-20(16-32-17-22)19-39-10-8-29(30,31)9-11-39;1-34(2)13-14-35(3)26-10-8-22(18-30-26)31-28(37)27-24-16-20(7-9-25(24)32-33-27)21-15-23(19-29-17-21)36-11-5-4-6-12-36;1-33(2)8-9-34(3)25-7-5-21(17-29-25)30-27(36)26-23-15-19(4-6-24(23)31-32-26)20-14-22(18-28-16-20)35-10-12-37-13-11-35;1-33(2)12-13-34(3)25-9-7-21(17-29-25)30-27(36)26-23-15-19(6-8-24(23)31-32-26)20-14-22(18-28-16-20)35-10-4-5-11-35/h4-7,14-18H,8-13,19H2,1-3H3,(H,34,40)(H,35,36);7-10,15-19H,4-6,11-14H2,1-3H3,(H,31,37)(H,32,33);4-7,14-18H,8-13H2,1-3H3,(H,30,36)(H,31,32);6-9,14-18H,4-5,10-13H2,1-3H3,(H,30,36)(H,31,32). The summed E-state index contributed by atoms with van der Waals surface area (Å²) < 4.78 is 32.5. The van der Waals surface area contributed by atoms with Gasteiger partial charge in [0.15, 0.2) is 22.8 Å². The number of fused-ring (bicyclic) bond motifs is 4. The van der Waals surface area contributed by atoms with E-state index in [-0.39, 0.29) is 42.2 Å². The predicted octanol–water partition coefficient (Wildman–Crippen LogP) is 15.7. The van der Waals surface area contributed by atoms with Gasteiger partial charge in [-0.3, -0.25) is 64.4 Å². The number of anilines is 11. The number of likely N-dealkylation sites (tertiary alicyclic amines) is 1. The first kappa shape index (κ1) is 105. The van der Waals surface area contributed by atoms with Crippen LogP contribution in [0, 0.1) is 0 Å². The molecule has 0 unspecified atom stereocenters. The van der Waals surface area contributed by atoms with Crippen molar-refractivity contribution in [1.29, 1.82) is 0 Å². The molecule has 780 valence electrons. The van der Waals surface area contributed by atoms with Crippen LogP contribution >= 0.6 is 0 Å². The number of halogens is 2. The lowest BCUT2D eigenvalue weighted by atomic mass is 10.0. The maximum Gasteiger partial charge on any atom is 0.276 e. The second-order valence-electron chi connectivity index (χ2n) is 39.5. The fraction of sp³-hybridized carbons (Fsp3) is 0.351. The van der Waals surface area contributed by atoms with Gasteiger partial charge in [0.1, 0.15) is 23.3 Å². The Kier molecular flexibility index (Phi) is 34.6. The highest BCUT2D eigenvalue weighted by atomic mass is 19.3. The average molecular weight is 2030 g/mol. The van der Waals surface area contributed by atoms with Gasteiger partial charge in [-0.25, -0.2) is 28.7 Å². The first-order valence-electron chi connectivity index (χ1n) is 50.8. The Labute approximate surface area is 871 Å². The molecule has 16 heterocycles. The zero-order valence-electron chi connectivity index (χ0n) is 87.2. The summed E-state index contributed by atoms with van der Waals surface area (Å²) in [6, 6.07) is 47.2. The zero-order valence-corrected chi connectivity index (χ0v) is 87.2. The molecule has 4 saturated heterocycles. The molecule has 4 aromatic carbocycles. The van der Waals surface area contributed by atoms with Gasteiger partial charge in [-0.05, 0) is 238 Å². The zero-order chi connectivity index (χ0) is 105. The van der Waals surface area contributed by atoms with Crippen molar-refractivity contribution < 1.29 is 32.7 Å². The number of hydrogen-bond acceptors (Lipinski definition) is 29. The summed E-state index contributed by atoms with van der Waals surface area (Å²) in [4.78, 5) is 114. The highest BCUT2D eigenvalue weighted by molar-refractivity contribution is 6.15. The minimum absolute atomic E-state index is 0.115. The summed E-state index contributed by atoms with van der Waals surface area (Å²) in [6.07, 6.45) is 27.4. The van der Waals surface area contributed by atoms with Crippen molar-refractivity contribution in [3.8, 4) is 44.5 Å². The Balaban J connectivity index is 0.000000136. The first-order valence-corrected chi connectivity index (χ1v) is 50.8. The van der Waals surface area contributed by atoms with Gasteiger partial charge in [-0.15, -0.1) is 0 Å². The predicted molar refractivity (Wildman–Crippen MR) is 593 cm³/mol. The number of nitrogens with zero attached hydrogens (tertiary/aromatic N) is 24. The number of ether oxygens (including phenoxy) is 1. The number of carbonyl (C=O) groups is 4. The molecule has 0 bridgehead atoms. The van der Waals surface area contributed by atoms with Crippen LogP contribution in [0.4, 0.5) is 71.9 Å². The summed E-state index contributed by atoms with van der Waals surface area (Å²) in [5, 5.41) is 43.7. The van der Waals surface area contributed by atoms with E-state index in [1.807, 2.05) is 254 Å². The molecule has 0 atom stereocenters. The topological polar surface area (TPSA) is 382 Å². The number of nitrogens with one attached hydrogen (secondary N) is 8. The van der Waals surface area contributed by atoms with Crippen molar-refractivity contribution >= 4 is 130 Å². The molecule has 4 aliphatic heterocycles. The maximum atomic E-state index is 13.5. The number of rotatable bonds is 33. The smallest absolute Gasteiger partial charge is 0.276 e. The van der Waals surface area contributed by atoms with E-state index in [1.165, 1.54) is 32.1 Å². The minimum Gasteiger partial charge on any atom is -0.378 e. The van der Waals surface area contributed by atoms with Crippen molar-refractivity contribution in [1.82, 2.24) is 105 Å². The number of alkyl halides is 2. The van der Waals surface area contributed by atoms with E-state index < -0.39 is 5.92 Å². The Morgan fingerprint density at radius 2 is 0.593 bits per heavy atom. The van der Waals surface area contributed by atoms with Crippen LogP contribution in [0.2, 0.25) is 0 Å². The Hall–Kier alpha value is -15.9. The second kappa shape index (κ2) is 49.3. The molecule has 37 nitrogen and oxygen atoms in total. The van der Waals surface area contributed by atoms with Crippen molar-refractivity contribution in [2.24, 2.45) is 0 Å². The molecule has 12 aromatic heterocycles. The summed E-state index contributed by atoms with van der Waals surface area (Å²) in [5.41, 5.74) is 19.0. The monoisotopic (exact) mass is 2030 g/mol. The van der Waals surface area contributed by atoms with Gasteiger partial charge in [-0.2, -0.15) is 20.4 Å². The van der Waals surface area contributed by atoms with E-state index in [4.69, 9.17) is 4.74 Å². The van der Waals surface area contributed by atoms with Crippen molar-refractivity contribution in [2.45, 2.75) is 57.4 Å². The van der Waals surface area contributed by atoms with Crippen LogP contribution in [0.1, 0.15) is 92.5 Å². The number of amides is 4. The molecular formula is C111H132F2N32O5. The summed E-state index contributed by atoms with van der Waals surface area (Å²) >= 11 is 0. The average Bonchev–Trinajstić information content (AvgIpc) is 1.62. The Morgan fingerprint density at radius 1 is 0.313 bits per heavy atom. The van der Waals surface area contributed by atoms with Gasteiger partial charge in [0.05, 0.1) is 118 Å². The molecule has 0 radical (unpaired) electrons. The van der Waals surface area contributed by atoms with Gasteiger partial charge in [-0.1, -0.05) is 24.3 Å². The lowest BCUT2D eigenvalue weighted by Crippen LogP contribution is -2.38. The molecule has 0 aliphatic carbocycles. The summed E-state index contributed by atoms with van der Waals surface area (Å²) in [5.74, 6) is -0.372. The van der Waals surface area contributed by atoms with Gasteiger partial charge in [0.25, 0.3) is 29.6 Å². The third-order valence-corrected chi connectivity index (χ3v) is 27.1. The van der Waals surface area contributed by atoms with E-state index in [0.29, 0.717) is 64.9 Å². The third kappa shape index (κ3) is 27.5. The van der Waals surface area contributed by atoms with Gasteiger partial charge >= 0.3 is 0 Å². The molecule has 8 N–H and O–H groups in total. The number of pyridine rings is 8. The van der Waals surface area contributed by atoms with Crippen LogP contribution in [-0.4, -0.2) is 337 Å². The fourth-order valence-electron chi connectivity index (χ4n) is 18.1. The van der Waals surface area contributed by atoms with Crippen LogP contribution < -0.4 is 55.6 Å². The van der Waals surface area contributed by atoms with Crippen LogP contribution in [0.25, 0.3) is 88.1 Å². The van der Waals surface area contributed by atoms with Crippen molar-refractivity contribution in [2.75, 3.05) is 258 Å². The van der Waals surface area contributed by atoms with E-state index >= 15 is 0 Å². The molecule has 16 aromatic rings. The highest BCUT2D eigenvalue weighted by Crippen LogP contribution is 2.37. The molecular weight excluding hydrogens is 1900 g/mol. The molecule has 20 rings (SSSR count). The number of H-pyrrole nitrogens is 4. The van der Waals surface area contributed by atoms with E-state index in [9.17, 15) is 28.0 Å². The van der Waals surface area contributed by atoms with Gasteiger partial charge in [0.2, 0.25) is 0 Å². The number of carbonyl (C=O) groups excluding carboxylic acids is 4. The van der Waals surface area contributed by atoms with E-state index in [0.717, 1.165) is 233 Å². The molecule has 4 amide bonds. The lowest BCUT2D eigenvalue weighted by Gasteiger charge is -2.31. The van der Waals surface area contributed by atoms with Gasteiger partial charge < -0.3 is 79.9 Å². The molecule has 39 heteroatoms. The van der Waals surface area contributed by atoms with Crippen LogP contribution in [-0.2, 0) is 11.3 Å². The van der Waals surface area contributed by atoms with Crippen LogP contribution in [0.3, 0.4) is 0 Å². The normalized spacial score (nSPS) is 14.2. The lowest BCUT2D eigenvalue weighted by molar-refractivity contribution is -0.0566. The summed E-state index contributed by atoms with van der Waals surface area (Å²) in [6.45, 7) is 15.8.